The van der Waals surface area contributed by atoms with Crippen LogP contribution in [0.5, 0.6) is 0 Å². The van der Waals surface area contributed by atoms with Crippen LogP contribution in [0.4, 0.5) is 0 Å². The van der Waals surface area contributed by atoms with Crippen molar-refractivity contribution in [1.82, 2.24) is 4.90 Å². The molecule has 0 spiro atoms. The van der Waals surface area contributed by atoms with Crippen molar-refractivity contribution in [3.05, 3.63) is 107 Å². The third kappa shape index (κ3) is 6.42. The van der Waals surface area contributed by atoms with Crippen LogP contribution in [0.15, 0.2) is 96.1 Å². The van der Waals surface area contributed by atoms with E-state index in [2.05, 4.69) is 79.3 Å². The summed E-state index contributed by atoms with van der Waals surface area (Å²) in [6, 6.07) is 30.3. The number of ether oxygens (including phenoxy) is 1. The highest BCUT2D eigenvalue weighted by Crippen LogP contribution is 2.37. The Kier molecular flexibility index (Phi) is 9.25. The molecule has 204 valence electrons. The first-order valence-electron chi connectivity index (χ1n) is 13.5. The molecular weight excluding hydrogens is 504 g/mol. The maximum atomic E-state index is 13.0. The summed E-state index contributed by atoms with van der Waals surface area (Å²) >= 11 is 0. The Bertz CT molecular complexity index is 1220. The monoisotopic (exact) mass is 542 g/mol. The molecule has 7 nitrogen and oxygen atoms in total. The fourth-order valence-corrected chi connectivity index (χ4v) is 10.2. The van der Waals surface area contributed by atoms with Crippen molar-refractivity contribution >= 4 is 24.6 Å². The van der Waals surface area contributed by atoms with Crippen molar-refractivity contribution in [2.75, 3.05) is 19.8 Å². The van der Waals surface area contributed by atoms with Gasteiger partial charge >= 0.3 is 0 Å². The van der Waals surface area contributed by atoms with E-state index in [0.29, 0.717) is 19.6 Å². The molecule has 1 aliphatic heterocycles. The zero-order valence-electron chi connectivity index (χ0n) is 23.2. The van der Waals surface area contributed by atoms with Gasteiger partial charge < -0.3 is 14.1 Å². The van der Waals surface area contributed by atoms with Gasteiger partial charge in [0.05, 0.1) is 24.8 Å². The number of amides is 1. The van der Waals surface area contributed by atoms with Crippen LogP contribution in [0, 0.1) is 0 Å². The molecule has 1 aliphatic rings. The van der Waals surface area contributed by atoms with E-state index in [9.17, 15) is 10.3 Å². The Balaban J connectivity index is 1.58. The molecule has 0 N–H and O–H groups in total. The quantitative estimate of drug-likeness (QED) is 0.155. The minimum absolute atomic E-state index is 0.0412. The number of hydrogen-bond donors (Lipinski definition) is 0. The lowest BCUT2D eigenvalue weighted by Gasteiger charge is -2.45. The SMILES string of the molecule is C[C@@H](CO[Si](c1ccccc1)(c1ccccc1)C(C)(C)C)N1C[C@@H]([C@H](Cc2ccccc2)N=[N+]=[N-])OCC1=O. The van der Waals surface area contributed by atoms with Gasteiger partial charge in [-0.05, 0) is 39.9 Å². The maximum Gasteiger partial charge on any atom is 0.261 e. The van der Waals surface area contributed by atoms with Gasteiger partial charge in [-0.2, -0.15) is 0 Å². The second kappa shape index (κ2) is 12.6. The number of carbonyl (C=O) groups is 1. The van der Waals surface area contributed by atoms with Gasteiger partial charge in [-0.15, -0.1) is 0 Å². The van der Waals surface area contributed by atoms with E-state index in [1.54, 1.807) is 0 Å². The second-order valence-corrected chi connectivity index (χ2v) is 15.5. The Labute approximate surface area is 232 Å². The third-order valence-corrected chi connectivity index (χ3v) is 12.5. The molecule has 0 radical (unpaired) electrons. The van der Waals surface area contributed by atoms with Gasteiger partial charge in [0.1, 0.15) is 6.61 Å². The summed E-state index contributed by atoms with van der Waals surface area (Å²) in [5.74, 6) is -0.0794. The molecular formula is C31H38N4O3Si. The molecule has 1 saturated heterocycles. The number of nitrogens with zero attached hydrogens (tertiary/aromatic N) is 4. The highest BCUT2D eigenvalue weighted by molar-refractivity contribution is 6.99. The van der Waals surface area contributed by atoms with E-state index in [1.807, 2.05) is 54.3 Å². The molecule has 1 heterocycles. The van der Waals surface area contributed by atoms with Crippen molar-refractivity contribution in [2.24, 2.45) is 5.11 Å². The van der Waals surface area contributed by atoms with E-state index in [-0.39, 0.29) is 23.6 Å². The fourth-order valence-electron chi connectivity index (χ4n) is 5.53. The van der Waals surface area contributed by atoms with E-state index >= 15 is 0 Å². The first-order valence-corrected chi connectivity index (χ1v) is 15.4. The van der Waals surface area contributed by atoms with Crippen molar-refractivity contribution in [3.8, 4) is 0 Å². The molecule has 0 bridgehead atoms. The Morgan fingerprint density at radius 1 is 1.00 bits per heavy atom. The van der Waals surface area contributed by atoms with Crippen LogP contribution >= 0.6 is 0 Å². The molecule has 1 fully saturated rings. The van der Waals surface area contributed by atoms with Crippen LogP contribution in [0.1, 0.15) is 33.3 Å². The maximum absolute atomic E-state index is 13.0. The van der Waals surface area contributed by atoms with Crippen molar-refractivity contribution in [3.63, 3.8) is 0 Å². The summed E-state index contributed by atoms with van der Waals surface area (Å²) < 4.78 is 13.0. The minimum atomic E-state index is -2.74. The van der Waals surface area contributed by atoms with Gasteiger partial charge in [-0.3, -0.25) is 4.79 Å². The lowest BCUT2D eigenvalue weighted by molar-refractivity contribution is -0.153. The summed E-state index contributed by atoms with van der Waals surface area (Å²) in [5, 5.41) is 6.30. The lowest BCUT2D eigenvalue weighted by Crippen LogP contribution is -2.67. The number of morpholine rings is 1. The molecule has 0 aromatic heterocycles. The van der Waals surface area contributed by atoms with E-state index < -0.39 is 20.5 Å². The zero-order valence-corrected chi connectivity index (χ0v) is 24.2. The van der Waals surface area contributed by atoms with E-state index in [4.69, 9.17) is 9.16 Å². The van der Waals surface area contributed by atoms with Crippen LogP contribution < -0.4 is 10.4 Å². The number of hydrogen-bond acceptors (Lipinski definition) is 4. The average Bonchev–Trinajstić information content (AvgIpc) is 2.94. The summed E-state index contributed by atoms with van der Waals surface area (Å²) in [6.07, 6.45) is 0.152. The second-order valence-electron chi connectivity index (χ2n) is 11.2. The third-order valence-electron chi connectivity index (χ3n) is 7.52. The number of carbonyl (C=O) groups excluding carboxylic acids is 1. The highest BCUT2D eigenvalue weighted by atomic mass is 28.4. The molecule has 3 aromatic rings. The smallest absolute Gasteiger partial charge is 0.261 e. The Morgan fingerprint density at radius 2 is 1.54 bits per heavy atom. The molecule has 0 unspecified atom stereocenters. The van der Waals surface area contributed by atoms with Crippen LogP contribution in [-0.4, -0.2) is 57.1 Å². The van der Waals surface area contributed by atoms with Crippen molar-refractivity contribution < 1.29 is 14.0 Å². The first-order chi connectivity index (χ1) is 18.8. The van der Waals surface area contributed by atoms with Gasteiger partial charge in [0.25, 0.3) is 8.32 Å². The molecule has 1 amide bonds. The van der Waals surface area contributed by atoms with Gasteiger partial charge in [-0.25, -0.2) is 0 Å². The van der Waals surface area contributed by atoms with Crippen LogP contribution in [0.3, 0.4) is 0 Å². The predicted molar refractivity (Wildman–Crippen MR) is 158 cm³/mol. The van der Waals surface area contributed by atoms with Crippen LogP contribution in [-0.2, 0) is 20.4 Å². The van der Waals surface area contributed by atoms with Crippen LogP contribution in [0.2, 0.25) is 5.04 Å². The minimum Gasteiger partial charge on any atom is -0.405 e. The number of benzene rings is 3. The standard InChI is InChI=1S/C31H38N4O3Si/c1-24(35-21-29(37-23-30(35)36)28(33-34-32)20-25-14-8-5-9-15-25)22-38-39(31(2,3)4,26-16-10-6-11-17-26)27-18-12-7-13-19-27/h5-19,24,28-29H,20-23H2,1-4H3/t24-,28-,29-/m0/s1. The van der Waals surface area contributed by atoms with Gasteiger partial charge in [0, 0.05) is 11.5 Å². The van der Waals surface area contributed by atoms with Gasteiger partial charge in [0.2, 0.25) is 5.91 Å². The van der Waals surface area contributed by atoms with E-state index in [0.717, 1.165) is 5.56 Å². The van der Waals surface area contributed by atoms with E-state index in [1.165, 1.54) is 10.4 Å². The molecule has 8 heteroatoms. The van der Waals surface area contributed by atoms with Crippen molar-refractivity contribution in [1.29, 1.82) is 0 Å². The molecule has 0 saturated carbocycles. The summed E-state index contributed by atoms with van der Waals surface area (Å²) in [6.45, 7) is 9.45. The molecule has 39 heavy (non-hydrogen) atoms. The predicted octanol–water partition coefficient (Wildman–Crippen LogP) is 5.10. The van der Waals surface area contributed by atoms with Crippen molar-refractivity contribution in [2.45, 2.75) is 57.3 Å². The molecule has 0 aliphatic carbocycles. The normalized spacial score (nSPS) is 17.8. The fraction of sp³-hybridized carbons (Fsp3) is 0.387. The largest absolute Gasteiger partial charge is 0.405 e. The van der Waals surface area contributed by atoms with Gasteiger partial charge in [0.15, 0.2) is 0 Å². The average molecular weight is 543 g/mol. The summed E-state index contributed by atoms with van der Waals surface area (Å²) in [4.78, 5) is 17.9. The molecule has 3 atom stereocenters. The Hall–Kier alpha value is -3.42. The Morgan fingerprint density at radius 3 is 2.05 bits per heavy atom. The van der Waals surface area contributed by atoms with Gasteiger partial charge in [-0.1, -0.05) is 117 Å². The van der Waals surface area contributed by atoms with Crippen LogP contribution in [0.25, 0.3) is 10.4 Å². The molecule has 3 aromatic carbocycles. The topological polar surface area (TPSA) is 87.5 Å². The zero-order chi connectivity index (χ0) is 27.9. The molecule has 4 rings (SSSR count). The lowest BCUT2D eigenvalue weighted by atomic mass is 10.00. The first kappa shape index (κ1) is 28.6. The number of rotatable bonds is 10. The summed E-state index contributed by atoms with van der Waals surface area (Å²) in [7, 11) is -2.74. The number of azide groups is 1. The highest BCUT2D eigenvalue weighted by Gasteiger charge is 2.50. The summed E-state index contributed by atoms with van der Waals surface area (Å²) in [5.41, 5.74) is 10.3.